The van der Waals surface area contributed by atoms with E-state index in [4.69, 9.17) is 4.74 Å². The smallest absolute Gasteiger partial charge is 0.132 e. The fraction of sp³-hybridized carbons (Fsp3) is 0.778. The van der Waals surface area contributed by atoms with E-state index in [0.29, 0.717) is 5.92 Å². The second-order valence-corrected chi connectivity index (χ2v) is 7.18. The lowest BCUT2D eigenvalue weighted by Gasteiger charge is -2.41. The van der Waals surface area contributed by atoms with E-state index in [0.717, 1.165) is 50.3 Å². The molecule has 1 unspecified atom stereocenters. The van der Waals surface area contributed by atoms with E-state index < -0.39 is 0 Å². The number of ether oxygens (including phenoxy) is 1. The molecule has 2 aliphatic heterocycles. The van der Waals surface area contributed by atoms with E-state index in [2.05, 4.69) is 25.8 Å². The van der Waals surface area contributed by atoms with Gasteiger partial charge in [0.25, 0.3) is 0 Å². The molecule has 5 heteroatoms. The molecule has 1 saturated carbocycles. The van der Waals surface area contributed by atoms with Crippen molar-refractivity contribution in [3.63, 3.8) is 0 Å². The van der Waals surface area contributed by atoms with Gasteiger partial charge in [0.05, 0.1) is 12.3 Å². The van der Waals surface area contributed by atoms with Crippen LogP contribution in [-0.2, 0) is 4.74 Å². The van der Waals surface area contributed by atoms with Gasteiger partial charge in [0.2, 0.25) is 0 Å². The van der Waals surface area contributed by atoms with Crippen molar-refractivity contribution in [3.8, 4) is 0 Å². The van der Waals surface area contributed by atoms with Gasteiger partial charge in [-0.3, -0.25) is 4.90 Å². The average molecular weight is 316 g/mol. The summed E-state index contributed by atoms with van der Waals surface area (Å²) in [7, 11) is 0. The highest BCUT2D eigenvalue weighted by atomic mass is 16.5. The molecule has 1 aliphatic carbocycles. The molecule has 1 aromatic heterocycles. The zero-order valence-corrected chi connectivity index (χ0v) is 14.0. The van der Waals surface area contributed by atoms with Crippen LogP contribution in [0.5, 0.6) is 0 Å². The van der Waals surface area contributed by atoms with Crippen molar-refractivity contribution in [2.24, 2.45) is 0 Å². The third kappa shape index (κ3) is 3.50. The van der Waals surface area contributed by atoms with Gasteiger partial charge < -0.3 is 9.64 Å². The topological polar surface area (TPSA) is 41.5 Å². The Morgan fingerprint density at radius 3 is 2.52 bits per heavy atom. The lowest BCUT2D eigenvalue weighted by Crippen LogP contribution is -2.51. The van der Waals surface area contributed by atoms with Crippen molar-refractivity contribution >= 4 is 5.82 Å². The SMILES string of the molecule is c1nc(C2CCOC2)cc(N2CCN(C3CCCCC3)CC2)n1. The maximum absolute atomic E-state index is 5.50. The Labute approximate surface area is 139 Å². The summed E-state index contributed by atoms with van der Waals surface area (Å²) in [5.41, 5.74) is 1.15. The molecule has 0 bridgehead atoms. The summed E-state index contributed by atoms with van der Waals surface area (Å²) < 4.78 is 5.50. The van der Waals surface area contributed by atoms with E-state index in [1.807, 2.05) is 0 Å². The van der Waals surface area contributed by atoms with Gasteiger partial charge in [0.1, 0.15) is 12.1 Å². The number of hydrogen-bond acceptors (Lipinski definition) is 5. The summed E-state index contributed by atoms with van der Waals surface area (Å²) in [6.07, 6.45) is 9.90. The summed E-state index contributed by atoms with van der Waals surface area (Å²) in [5.74, 6) is 1.56. The molecule has 1 aromatic rings. The predicted molar refractivity (Wildman–Crippen MR) is 90.9 cm³/mol. The second-order valence-electron chi connectivity index (χ2n) is 7.18. The molecule has 5 nitrogen and oxygen atoms in total. The highest BCUT2D eigenvalue weighted by molar-refractivity contribution is 5.40. The molecular formula is C18H28N4O. The molecule has 3 aliphatic rings. The van der Waals surface area contributed by atoms with Gasteiger partial charge in [-0.2, -0.15) is 0 Å². The van der Waals surface area contributed by atoms with Crippen LogP contribution in [0, 0.1) is 0 Å². The van der Waals surface area contributed by atoms with Crippen LogP contribution in [0.25, 0.3) is 0 Å². The fourth-order valence-electron chi connectivity index (χ4n) is 4.29. The van der Waals surface area contributed by atoms with Crippen LogP contribution in [0.4, 0.5) is 5.82 Å². The van der Waals surface area contributed by atoms with Gasteiger partial charge in [-0.25, -0.2) is 9.97 Å². The Bertz CT molecular complexity index is 503. The van der Waals surface area contributed by atoms with Crippen molar-refractivity contribution in [3.05, 3.63) is 18.1 Å². The number of rotatable bonds is 3. The molecule has 3 fully saturated rings. The molecule has 126 valence electrons. The van der Waals surface area contributed by atoms with Crippen molar-refractivity contribution in [2.45, 2.75) is 50.5 Å². The van der Waals surface area contributed by atoms with E-state index in [-0.39, 0.29) is 0 Å². The maximum Gasteiger partial charge on any atom is 0.132 e. The van der Waals surface area contributed by atoms with Crippen LogP contribution >= 0.6 is 0 Å². The minimum Gasteiger partial charge on any atom is -0.381 e. The maximum atomic E-state index is 5.50. The van der Waals surface area contributed by atoms with Gasteiger partial charge in [-0.15, -0.1) is 0 Å². The molecule has 1 atom stereocenters. The summed E-state index contributed by atoms with van der Waals surface area (Å²) in [6, 6.07) is 3.03. The zero-order valence-electron chi connectivity index (χ0n) is 14.0. The second kappa shape index (κ2) is 7.14. The Kier molecular flexibility index (Phi) is 4.76. The highest BCUT2D eigenvalue weighted by Gasteiger charge is 2.26. The molecule has 0 spiro atoms. The normalized spacial score (nSPS) is 27.5. The van der Waals surface area contributed by atoms with E-state index >= 15 is 0 Å². The Morgan fingerprint density at radius 2 is 1.78 bits per heavy atom. The van der Waals surface area contributed by atoms with Gasteiger partial charge >= 0.3 is 0 Å². The molecule has 4 rings (SSSR count). The van der Waals surface area contributed by atoms with Crippen LogP contribution in [0.2, 0.25) is 0 Å². The van der Waals surface area contributed by atoms with Crippen molar-refractivity contribution in [1.82, 2.24) is 14.9 Å². The number of piperazine rings is 1. The number of nitrogens with zero attached hydrogens (tertiary/aromatic N) is 4. The van der Waals surface area contributed by atoms with Gasteiger partial charge in [-0.05, 0) is 19.3 Å². The third-order valence-corrected chi connectivity index (χ3v) is 5.75. The van der Waals surface area contributed by atoms with Crippen molar-refractivity contribution in [1.29, 1.82) is 0 Å². The lowest BCUT2D eigenvalue weighted by atomic mass is 9.94. The van der Waals surface area contributed by atoms with Gasteiger partial charge in [0, 0.05) is 50.8 Å². The van der Waals surface area contributed by atoms with Crippen molar-refractivity contribution < 1.29 is 4.74 Å². The first-order valence-electron chi connectivity index (χ1n) is 9.29. The van der Waals surface area contributed by atoms with Gasteiger partial charge in [-0.1, -0.05) is 19.3 Å². The minimum absolute atomic E-state index is 0.459. The van der Waals surface area contributed by atoms with Crippen LogP contribution in [-0.4, -0.2) is 60.3 Å². The van der Waals surface area contributed by atoms with Gasteiger partial charge in [0.15, 0.2) is 0 Å². The van der Waals surface area contributed by atoms with Crippen LogP contribution in [0.3, 0.4) is 0 Å². The average Bonchev–Trinajstić information content (AvgIpc) is 3.18. The molecule has 0 amide bonds. The fourth-order valence-corrected chi connectivity index (χ4v) is 4.29. The first kappa shape index (κ1) is 15.3. The van der Waals surface area contributed by atoms with Crippen LogP contribution in [0.15, 0.2) is 12.4 Å². The Morgan fingerprint density at radius 1 is 0.957 bits per heavy atom. The zero-order chi connectivity index (χ0) is 15.5. The summed E-state index contributed by atoms with van der Waals surface area (Å²) in [6.45, 7) is 6.21. The molecule has 0 N–H and O–H groups in total. The molecule has 2 saturated heterocycles. The van der Waals surface area contributed by atoms with Crippen LogP contribution < -0.4 is 4.90 Å². The third-order valence-electron chi connectivity index (χ3n) is 5.75. The monoisotopic (exact) mass is 316 g/mol. The minimum atomic E-state index is 0.459. The number of anilines is 1. The summed E-state index contributed by atoms with van der Waals surface area (Å²) in [4.78, 5) is 14.1. The first-order valence-corrected chi connectivity index (χ1v) is 9.29. The molecule has 0 radical (unpaired) electrons. The molecular weight excluding hydrogens is 288 g/mol. The van der Waals surface area contributed by atoms with Crippen molar-refractivity contribution in [2.75, 3.05) is 44.3 Å². The Hall–Kier alpha value is -1.20. The quantitative estimate of drug-likeness (QED) is 0.857. The summed E-state index contributed by atoms with van der Waals surface area (Å²) in [5, 5.41) is 0. The predicted octanol–water partition coefficient (Wildman–Crippen LogP) is 2.44. The molecule has 23 heavy (non-hydrogen) atoms. The van der Waals surface area contributed by atoms with E-state index in [9.17, 15) is 0 Å². The lowest BCUT2D eigenvalue weighted by molar-refractivity contribution is 0.147. The first-order chi connectivity index (χ1) is 11.4. The largest absolute Gasteiger partial charge is 0.381 e. The molecule has 3 heterocycles. The number of hydrogen-bond donors (Lipinski definition) is 0. The number of aromatic nitrogens is 2. The highest BCUT2D eigenvalue weighted by Crippen LogP contribution is 2.27. The molecule has 0 aromatic carbocycles. The Balaban J connectivity index is 1.37. The summed E-state index contributed by atoms with van der Waals surface area (Å²) >= 11 is 0. The van der Waals surface area contributed by atoms with Crippen LogP contribution in [0.1, 0.15) is 50.1 Å². The van der Waals surface area contributed by atoms with E-state index in [1.54, 1.807) is 6.33 Å². The standard InChI is InChI=1S/C18H28N4O/c1-2-4-16(5-3-1)21-7-9-22(10-8-21)18-12-17(19-14-20-18)15-6-11-23-13-15/h12,14-16H,1-11,13H2. The van der Waals surface area contributed by atoms with E-state index in [1.165, 1.54) is 45.2 Å².